The Labute approximate surface area is 194 Å². The molecule has 0 saturated heterocycles. The van der Waals surface area contributed by atoms with Crippen LogP contribution >= 0.6 is 0 Å². The molecule has 4 aromatic carbocycles. The lowest BCUT2D eigenvalue weighted by atomic mass is 10.0. The van der Waals surface area contributed by atoms with E-state index in [4.69, 9.17) is 0 Å². The largest absolute Gasteiger partial charge is 0.353 e. The van der Waals surface area contributed by atoms with E-state index >= 15 is 0 Å². The van der Waals surface area contributed by atoms with Crippen molar-refractivity contribution in [1.29, 1.82) is 0 Å². The van der Waals surface area contributed by atoms with Crippen LogP contribution in [0.15, 0.2) is 128 Å². The number of nitrogens with zero attached hydrogens (tertiary/aromatic N) is 1. The van der Waals surface area contributed by atoms with Crippen molar-refractivity contribution in [2.24, 2.45) is 0 Å². The third kappa shape index (κ3) is 3.88. The molecule has 0 bridgehead atoms. The summed E-state index contributed by atoms with van der Waals surface area (Å²) in [6, 6.07) is 33.9. The average molecular weight is 427 g/mol. The zero-order valence-corrected chi connectivity index (χ0v) is 18.7. The van der Waals surface area contributed by atoms with Gasteiger partial charge in [-0.25, -0.2) is 0 Å². The summed E-state index contributed by atoms with van der Waals surface area (Å²) in [6.45, 7) is 6.41. The Balaban J connectivity index is 1.86. The number of para-hydroxylation sites is 3. The number of allylic oxidation sites excluding steroid dienone is 5. The van der Waals surface area contributed by atoms with Crippen molar-refractivity contribution in [3.8, 4) is 5.69 Å². The first-order valence-electron chi connectivity index (χ1n) is 11.2. The van der Waals surface area contributed by atoms with Gasteiger partial charge in [-0.3, -0.25) is 0 Å². The summed E-state index contributed by atoms with van der Waals surface area (Å²) in [6.07, 6.45) is 8.14. The van der Waals surface area contributed by atoms with Crippen molar-refractivity contribution < 1.29 is 0 Å². The highest BCUT2D eigenvalue weighted by Gasteiger charge is 2.19. The molecule has 1 heterocycles. The molecule has 5 rings (SSSR count). The molecule has 5 aromatic rings. The zero-order valence-electron chi connectivity index (χ0n) is 18.7. The Morgan fingerprint density at radius 3 is 2.21 bits per heavy atom. The number of fused-ring (bicyclic) bond motifs is 3. The fourth-order valence-corrected chi connectivity index (χ4v) is 4.34. The van der Waals surface area contributed by atoms with Gasteiger partial charge in [-0.05, 0) is 42.8 Å². The lowest BCUT2D eigenvalue weighted by molar-refractivity contribution is 1.18. The smallest absolute Gasteiger partial charge is 0.0783 e. The maximum atomic E-state index is 4.39. The number of rotatable bonds is 6. The fourth-order valence-electron chi connectivity index (χ4n) is 4.34. The summed E-state index contributed by atoms with van der Waals surface area (Å²) in [5.74, 6) is 0. The van der Waals surface area contributed by atoms with E-state index in [0.717, 1.165) is 33.7 Å². The fraction of sp³-hybridized carbons (Fsp3) is 0.0323. The summed E-state index contributed by atoms with van der Waals surface area (Å²) in [5.41, 5.74) is 7.58. The average Bonchev–Trinajstić information content (AvgIpc) is 3.20. The third-order valence-electron chi connectivity index (χ3n) is 5.84. The summed E-state index contributed by atoms with van der Waals surface area (Å²) in [7, 11) is 0. The number of hydrogen-bond acceptors (Lipinski definition) is 1. The lowest BCUT2D eigenvalue weighted by Gasteiger charge is -2.17. The van der Waals surface area contributed by atoms with Crippen molar-refractivity contribution in [2.75, 3.05) is 5.32 Å². The Morgan fingerprint density at radius 2 is 1.45 bits per heavy atom. The number of nitrogens with one attached hydrogen (secondary N) is 1. The van der Waals surface area contributed by atoms with Gasteiger partial charge in [-0.15, -0.1) is 0 Å². The first-order chi connectivity index (χ1) is 16.3. The van der Waals surface area contributed by atoms with Gasteiger partial charge in [-0.2, -0.15) is 0 Å². The normalized spacial score (nSPS) is 11.7. The highest BCUT2D eigenvalue weighted by Crippen LogP contribution is 2.41. The molecule has 160 valence electrons. The van der Waals surface area contributed by atoms with Gasteiger partial charge in [0, 0.05) is 27.7 Å². The molecule has 2 nitrogen and oxygen atoms in total. The van der Waals surface area contributed by atoms with E-state index in [-0.39, 0.29) is 0 Å². The molecule has 0 aliphatic heterocycles. The second-order valence-electron chi connectivity index (χ2n) is 7.97. The SMILES string of the molecule is C=C(/C=C\C=C/C)c1ccc2c3ccccc3n(-c3ccccc3)c2c1Nc1ccccc1. The Hall–Kier alpha value is -4.30. The number of aromatic nitrogens is 1. The van der Waals surface area contributed by atoms with E-state index in [0.29, 0.717) is 0 Å². The van der Waals surface area contributed by atoms with Gasteiger partial charge >= 0.3 is 0 Å². The lowest BCUT2D eigenvalue weighted by Crippen LogP contribution is -2.01. The number of anilines is 2. The van der Waals surface area contributed by atoms with Crippen molar-refractivity contribution >= 4 is 38.8 Å². The van der Waals surface area contributed by atoms with Gasteiger partial charge in [0.25, 0.3) is 0 Å². The molecule has 2 heteroatoms. The summed E-state index contributed by atoms with van der Waals surface area (Å²) in [5, 5.41) is 6.17. The molecule has 0 spiro atoms. The van der Waals surface area contributed by atoms with Crippen LogP contribution in [-0.4, -0.2) is 4.57 Å². The predicted octanol–water partition coefficient (Wildman–Crippen LogP) is 8.67. The molecule has 0 aliphatic carbocycles. The first-order valence-corrected chi connectivity index (χ1v) is 11.2. The maximum absolute atomic E-state index is 4.39. The van der Waals surface area contributed by atoms with E-state index < -0.39 is 0 Å². The number of hydrogen-bond donors (Lipinski definition) is 1. The monoisotopic (exact) mass is 426 g/mol. The van der Waals surface area contributed by atoms with Gasteiger partial charge in [0.2, 0.25) is 0 Å². The third-order valence-corrected chi connectivity index (χ3v) is 5.84. The molecule has 1 aromatic heterocycles. The number of benzene rings is 4. The van der Waals surface area contributed by atoms with Crippen molar-refractivity contribution in [3.05, 3.63) is 134 Å². The van der Waals surface area contributed by atoms with Crippen LogP contribution in [0.25, 0.3) is 33.1 Å². The summed E-state index contributed by atoms with van der Waals surface area (Å²) < 4.78 is 2.35. The van der Waals surface area contributed by atoms with Crippen LogP contribution in [0.3, 0.4) is 0 Å². The predicted molar refractivity (Wildman–Crippen MR) is 143 cm³/mol. The van der Waals surface area contributed by atoms with Crippen LogP contribution < -0.4 is 5.32 Å². The van der Waals surface area contributed by atoms with E-state index in [9.17, 15) is 0 Å². The summed E-state index contributed by atoms with van der Waals surface area (Å²) >= 11 is 0. The van der Waals surface area contributed by atoms with Crippen LogP contribution in [0.4, 0.5) is 11.4 Å². The Kier molecular flexibility index (Phi) is 5.65. The van der Waals surface area contributed by atoms with E-state index in [2.05, 4.69) is 114 Å². The highest BCUT2D eigenvalue weighted by molar-refractivity contribution is 6.15. The molecular weight excluding hydrogens is 400 g/mol. The van der Waals surface area contributed by atoms with Gasteiger partial charge < -0.3 is 9.88 Å². The molecule has 0 unspecified atom stereocenters. The minimum atomic E-state index is 0.957. The van der Waals surface area contributed by atoms with E-state index in [1.807, 2.05) is 31.2 Å². The van der Waals surface area contributed by atoms with Gasteiger partial charge in [0.15, 0.2) is 0 Å². The topological polar surface area (TPSA) is 17.0 Å². The maximum Gasteiger partial charge on any atom is 0.0783 e. The molecule has 0 atom stereocenters. The quantitative estimate of drug-likeness (QED) is 0.269. The van der Waals surface area contributed by atoms with E-state index in [1.54, 1.807) is 0 Å². The Bertz CT molecular complexity index is 1490. The van der Waals surface area contributed by atoms with Gasteiger partial charge in [0.05, 0.1) is 16.7 Å². The van der Waals surface area contributed by atoms with Crippen LogP contribution in [0, 0.1) is 0 Å². The minimum Gasteiger partial charge on any atom is -0.353 e. The molecule has 1 N–H and O–H groups in total. The van der Waals surface area contributed by atoms with Crippen molar-refractivity contribution in [3.63, 3.8) is 0 Å². The molecule has 33 heavy (non-hydrogen) atoms. The van der Waals surface area contributed by atoms with Crippen LogP contribution in [-0.2, 0) is 0 Å². The minimum absolute atomic E-state index is 0.957. The first kappa shape index (κ1) is 20.6. The van der Waals surface area contributed by atoms with E-state index in [1.165, 1.54) is 16.3 Å². The molecule has 0 radical (unpaired) electrons. The second kappa shape index (κ2) is 9.05. The molecule has 0 amide bonds. The highest BCUT2D eigenvalue weighted by atomic mass is 15.0. The van der Waals surface area contributed by atoms with Crippen molar-refractivity contribution in [2.45, 2.75) is 6.92 Å². The molecule has 0 fully saturated rings. The standard InChI is InChI=1S/C31H26N2/c1-3-4-7-14-23(2)26-21-22-28-27-19-12-13-20-29(27)33(25-17-10-6-11-18-25)31(28)30(26)32-24-15-8-5-9-16-24/h3-22,32H,2H2,1H3/b4-3-,14-7-. The van der Waals surface area contributed by atoms with Crippen molar-refractivity contribution in [1.82, 2.24) is 4.57 Å². The molecule has 0 saturated carbocycles. The molecule has 0 aliphatic rings. The van der Waals surface area contributed by atoms with Crippen LogP contribution in [0.1, 0.15) is 12.5 Å². The van der Waals surface area contributed by atoms with Crippen LogP contribution in [0.2, 0.25) is 0 Å². The van der Waals surface area contributed by atoms with Crippen LogP contribution in [0.5, 0.6) is 0 Å². The van der Waals surface area contributed by atoms with Gasteiger partial charge in [0.1, 0.15) is 0 Å². The second-order valence-corrected chi connectivity index (χ2v) is 7.97. The van der Waals surface area contributed by atoms with Gasteiger partial charge in [-0.1, -0.05) is 97.6 Å². The zero-order chi connectivity index (χ0) is 22.6. The molecular formula is C31H26N2. The summed E-state index contributed by atoms with van der Waals surface area (Å²) in [4.78, 5) is 0. The Morgan fingerprint density at radius 1 is 0.758 bits per heavy atom.